The van der Waals surface area contributed by atoms with Crippen LogP contribution in [0.3, 0.4) is 0 Å². The van der Waals surface area contributed by atoms with Gasteiger partial charge in [0.05, 0.1) is 16.6 Å². The summed E-state index contributed by atoms with van der Waals surface area (Å²) >= 11 is 0. The van der Waals surface area contributed by atoms with E-state index in [4.69, 9.17) is 4.98 Å². The zero-order valence-corrected chi connectivity index (χ0v) is 40.8. The Kier molecular flexibility index (Phi) is 7.20. The van der Waals surface area contributed by atoms with E-state index in [0.29, 0.717) is 13.8 Å². The fourth-order valence-electron chi connectivity index (χ4n) is 14.2. The number of hydrogen-bond acceptors (Lipinski definition) is 1. The lowest BCUT2D eigenvalue weighted by Crippen LogP contribution is -2.74. The highest BCUT2D eigenvalue weighted by Crippen LogP contribution is 2.86. The number of rotatable bonds is 3. The number of quaternary nitrogens is 3. The average molecular weight is 917 g/mol. The van der Waals surface area contributed by atoms with Crippen molar-refractivity contribution in [2.45, 2.75) is 58.7 Å². The molecule has 6 nitrogen and oxygen atoms in total. The largest absolute Gasteiger partial charge is 0.498 e. The second-order valence-electron chi connectivity index (χ2n) is 22.6. The molecule has 16 rings (SSSR count). The van der Waals surface area contributed by atoms with Gasteiger partial charge in [-0.25, -0.2) is 0 Å². The second-order valence-corrected chi connectivity index (χ2v) is 22.6. The minimum Gasteiger partial charge on any atom is -0.256 e. The van der Waals surface area contributed by atoms with Crippen molar-refractivity contribution >= 4 is 66.8 Å². The highest BCUT2D eigenvalue weighted by Gasteiger charge is 3.11. The number of nitrogens with zero attached hydrogens (tertiary/aromatic N) is 6. The topological polar surface area (TPSA) is 21.7 Å². The molecule has 4 atom stereocenters. The van der Waals surface area contributed by atoms with Gasteiger partial charge in [0.1, 0.15) is 5.52 Å². The number of hydrogen-bond donors (Lipinski definition) is 0. The molecule has 5 aliphatic rings. The van der Waals surface area contributed by atoms with Crippen LogP contribution >= 0.6 is 0 Å². The van der Waals surface area contributed by atoms with Crippen molar-refractivity contribution in [3.8, 4) is 50.3 Å². The zero-order chi connectivity index (χ0) is 47.6. The molecule has 0 bridgehead atoms. The SMILES string of the molecule is CC(C)(C)c1cc(-c2cccc(-c3ccccc3)c2[N+]23c4ccccc4[N+]24c2cccc5c2[N+]2(c6c(ccc7c8ccccc8n(c67)-c6cccc[n+]62)-c2cc6ncccc6cc2-5)C43)cc(C(C)(C)C)c1. The van der Waals surface area contributed by atoms with Crippen molar-refractivity contribution in [3.63, 3.8) is 0 Å². The van der Waals surface area contributed by atoms with E-state index in [0.717, 1.165) is 16.7 Å². The molecule has 1 fully saturated rings. The number of benzene rings is 8. The van der Waals surface area contributed by atoms with E-state index in [9.17, 15) is 0 Å². The maximum absolute atomic E-state index is 5.01. The Morgan fingerprint density at radius 1 is 0.465 bits per heavy atom. The fraction of sp³-hybridized carbons (Fsp3) is 0.138. The van der Waals surface area contributed by atoms with Crippen molar-refractivity contribution < 1.29 is 4.68 Å². The van der Waals surface area contributed by atoms with E-state index in [1.54, 1.807) is 0 Å². The van der Waals surface area contributed by atoms with Gasteiger partial charge in [-0.15, -0.1) is 0 Å². The maximum atomic E-state index is 5.01. The predicted molar refractivity (Wildman–Crippen MR) is 292 cm³/mol. The summed E-state index contributed by atoms with van der Waals surface area (Å²) in [4.78, 5) is 5.01. The summed E-state index contributed by atoms with van der Waals surface area (Å²) < 4.78 is 7.00. The third kappa shape index (κ3) is 4.45. The molecule has 4 unspecified atom stereocenters. The Labute approximate surface area is 413 Å². The molecule has 0 radical (unpaired) electrons. The van der Waals surface area contributed by atoms with Crippen LogP contribution in [0.15, 0.2) is 200 Å². The molecule has 71 heavy (non-hydrogen) atoms. The molecule has 8 aromatic carbocycles. The Balaban J connectivity index is 1.13. The summed E-state index contributed by atoms with van der Waals surface area (Å²) in [7, 11) is 0. The third-order valence-electron chi connectivity index (χ3n) is 17.1. The predicted octanol–water partition coefficient (Wildman–Crippen LogP) is 16.1. The molecule has 1 saturated heterocycles. The maximum Gasteiger partial charge on any atom is 0.498 e. The standard InChI is InChI=1S/C65H52N6/c1-64(2,3)43-35-42(36-44(38-43)65(4,5)6)46-24-16-23-45(40-19-8-7-9-20-40)60(46)71-56-28-13-12-27-55(56)70(71)57-29-17-25-49-51-37-41-21-18-33-66-53(41)39-52(51)50-32-31-48-47-22-10-11-26-54(47)68-58-30-14-15-34-67(58)69(61(49)57,63(70)71)62(50)59(48)68/h7-39,63H,1-6H3/q+4. The van der Waals surface area contributed by atoms with Crippen LogP contribution < -0.4 is 18.5 Å². The first-order valence-corrected chi connectivity index (χ1v) is 25.2. The van der Waals surface area contributed by atoms with Crippen LogP contribution in [0.1, 0.15) is 52.7 Å². The van der Waals surface area contributed by atoms with Crippen LogP contribution in [-0.4, -0.2) is 15.8 Å². The first kappa shape index (κ1) is 39.8. The van der Waals surface area contributed by atoms with E-state index in [-0.39, 0.29) is 17.1 Å². The van der Waals surface area contributed by atoms with Gasteiger partial charge >= 0.3 is 12.1 Å². The molecule has 0 N–H and O–H groups in total. The van der Waals surface area contributed by atoms with Gasteiger partial charge in [-0.05, 0) is 116 Å². The van der Waals surface area contributed by atoms with E-state index in [1.165, 1.54) is 112 Å². The Bertz CT molecular complexity index is 4200. The van der Waals surface area contributed by atoms with Crippen molar-refractivity contribution in [1.82, 2.24) is 23.3 Å². The highest BCUT2D eigenvalue weighted by molar-refractivity contribution is 6.21. The summed E-state index contributed by atoms with van der Waals surface area (Å²) in [6, 6.07) is 72.4. The van der Waals surface area contributed by atoms with Gasteiger partial charge < -0.3 is 0 Å². The lowest BCUT2D eigenvalue weighted by molar-refractivity contribution is -0.793. The highest BCUT2D eigenvalue weighted by atomic mass is 16.2. The zero-order valence-electron chi connectivity index (χ0n) is 40.8. The van der Waals surface area contributed by atoms with Gasteiger partial charge in [0, 0.05) is 71.5 Å². The van der Waals surface area contributed by atoms with Crippen molar-refractivity contribution in [2.24, 2.45) is 0 Å². The minimum atomic E-state index is -0.121. The van der Waals surface area contributed by atoms with E-state index in [1.807, 2.05) is 6.20 Å². The molecule has 0 saturated carbocycles. The molecular formula is C65H52N6+4. The summed E-state index contributed by atoms with van der Waals surface area (Å²) in [6.07, 6.45) is 4.20. The third-order valence-corrected chi connectivity index (χ3v) is 17.1. The molecule has 8 heterocycles. The molecule has 5 aliphatic heterocycles. The summed E-state index contributed by atoms with van der Waals surface area (Å²) in [5.74, 6) is 1.15. The van der Waals surface area contributed by atoms with Gasteiger partial charge in [0.2, 0.25) is 16.9 Å². The van der Waals surface area contributed by atoms with E-state index >= 15 is 0 Å². The van der Waals surface area contributed by atoms with Gasteiger partial charge in [-0.3, -0.25) is 4.98 Å². The second kappa shape index (κ2) is 12.8. The van der Waals surface area contributed by atoms with Crippen molar-refractivity contribution in [3.05, 3.63) is 212 Å². The molecule has 2 spiro atoms. The van der Waals surface area contributed by atoms with Crippen LogP contribution in [0, 0.1) is 0 Å². The Morgan fingerprint density at radius 3 is 1.90 bits per heavy atom. The quantitative estimate of drug-likeness (QED) is 0.0983. The molecule has 11 aromatic rings. The number of para-hydroxylation sites is 5. The van der Waals surface area contributed by atoms with Crippen LogP contribution in [0.4, 0.5) is 34.1 Å². The van der Waals surface area contributed by atoms with Crippen LogP contribution in [-0.2, 0) is 10.8 Å². The van der Waals surface area contributed by atoms with Gasteiger partial charge in [0.15, 0.2) is 6.20 Å². The van der Waals surface area contributed by atoms with Crippen LogP contribution in [0.2, 0.25) is 0 Å². The van der Waals surface area contributed by atoms with E-state index < -0.39 is 0 Å². The summed E-state index contributed by atoms with van der Waals surface area (Å²) in [5, 5.41) is 3.68. The minimum absolute atomic E-state index is 0.0618. The molecule has 6 heteroatoms. The first-order chi connectivity index (χ1) is 34.5. The first-order valence-electron chi connectivity index (χ1n) is 25.2. The fourth-order valence-corrected chi connectivity index (χ4v) is 14.2. The van der Waals surface area contributed by atoms with Crippen molar-refractivity contribution in [1.29, 1.82) is 0 Å². The summed E-state index contributed by atoms with van der Waals surface area (Å²) in [5.41, 5.74) is 24.1. The van der Waals surface area contributed by atoms with Gasteiger partial charge in [0.25, 0.3) is 22.7 Å². The average Bonchev–Trinajstić information content (AvgIpc) is 3.90. The van der Waals surface area contributed by atoms with E-state index in [2.05, 4.69) is 245 Å². The number of pyridine rings is 2. The molecule has 338 valence electrons. The van der Waals surface area contributed by atoms with Gasteiger partial charge in [-0.1, -0.05) is 139 Å². The molecule has 0 amide bonds. The van der Waals surface area contributed by atoms with Crippen LogP contribution in [0.25, 0.3) is 83.0 Å². The smallest absolute Gasteiger partial charge is 0.256 e. The lowest BCUT2D eigenvalue weighted by atomic mass is 9.78. The lowest BCUT2D eigenvalue weighted by Gasteiger charge is -2.35. The molecule has 0 aliphatic carbocycles. The molecular weight excluding hydrogens is 865 g/mol. The Hall–Kier alpha value is -8.00. The van der Waals surface area contributed by atoms with Crippen molar-refractivity contribution in [2.75, 3.05) is 0 Å². The molecule has 3 aromatic heterocycles. The number of aromatic nitrogens is 3. The van der Waals surface area contributed by atoms with Gasteiger partial charge in [-0.2, -0.15) is 4.57 Å². The summed E-state index contributed by atoms with van der Waals surface area (Å²) in [6.45, 7) is 14.2. The Morgan fingerprint density at radius 2 is 1.11 bits per heavy atom. The normalized spacial score (nSPS) is 21.4. The number of fused-ring (bicyclic) bond motifs is 12. The monoisotopic (exact) mass is 916 g/mol. The van der Waals surface area contributed by atoms with Crippen LogP contribution in [0.5, 0.6) is 0 Å².